The summed E-state index contributed by atoms with van der Waals surface area (Å²) in [6.45, 7) is 0. The maximum absolute atomic E-state index is 10.8. The van der Waals surface area contributed by atoms with E-state index in [-0.39, 0.29) is 17.9 Å². The molecule has 23 heavy (non-hydrogen) atoms. The van der Waals surface area contributed by atoms with Crippen molar-refractivity contribution in [1.29, 1.82) is 0 Å². The zero-order valence-electron chi connectivity index (χ0n) is 13.5. The van der Waals surface area contributed by atoms with Crippen molar-refractivity contribution >= 4 is 0 Å². The topological polar surface area (TPSA) is 46.2 Å². The van der Waals surface area contributed by atoms with Crippen molar-refractivity contribution in [3.05, 3.63) is 70.8 Å². The molecule has 3 N–H and O–H groups in total. The molecule has 0 bridgehead atoms. The van der Waals surface area contributed by atoms with E-state index in [0.29, 0.717) is 0 Å². The van der Waals surface area contributed by atoms with Gasteiger partial charge in [-0.1, -0.05) is 55.0 Å². The highest BCUT2D eigenvalue weighted by molar-refractivity contribution is 5.45. The monoisotopic (exact) mass is 307 g/mol. The van der Waals surface area contributed by atoms with Crippen molar-refractivity contribution in [3.63, 3.8) is 0 Å². The molecule has 0 heterocycles. The lowest BCUT2D eigenvalue weighted by molar-refractivity contribution is 0.0433. The minimum absolute atomic E-state index is 0.0867. The Labute approximate surface area is 138 Å². The lowest BCUT2D eigenvalue weighted by Crippen LogP contribution is -2.45. The normalized spacial score (nSPS) is 27.8. The highest BCUT2D eigenvalue weighted by Crippen LogP contribution is 2.44. The molecule has 2 aliphatic carbocycles. The van der Waals surface area contributed by atoms with Crippen LogP contribution < -0.4 is 5.73 Å². The van der Waals surface area contributed by atoms with Crippen LogP contribution in [-0.4, -0.2) is 17.3 Å². The first kappa shape index (κ1) is 14.9. The predicted octanol–water partition coefficient (Wildman–Crippen LogP) is 3.41. The van der Waals surface area contributed by atoms with Gasteiger partial charge in [-0.05, 0) is 53.9 Å². The highest BCUT2D eigenvalue weighted by atomic mass is 16.3. The first-order valence-electron chi connectivity index (χ1n) is 8.85. The molecule has 2 unspecified atom stereocenters. The van der Waals surface area contributed by atoms with Gasteiger partial charge in [-0.2, -0.15) is 0 Å². The van der Waals surface area contributed by atoms with Crippen LogP contribution in [0.3, 0.4) is 0 Å². The van der Waals surface area contributed by atoms with E-state index in [1.807, 2.05) is 0 Å². The van der Waals surface area contributed by atoms with Crippen molar-refractivity contribution in [2.75, 3.05) is 0 Å². The fraction of sp³-hybridized carbons (Fsp3) is 0.429. The van der Waals surface area contributed by atoms with E-state index in [2.05, 4.69) is 48.5 Å². The minimum Gasteiger partial charge on any atom is -0.391 e. The first-order chi connectivity index (χ1) is 11.3. The van der Waals surface area contributed by atoms with Gasteiger partial charge in [0, 0.05) is 12.0 Å². The van der Waals surface area contributed by atoms with Crippen molar-refractivity contribution < 1.29 is 5.11 Å². The van der Waals surface area contributed by atoms with Gasteiger partial charge in [-0.3, -0.25) is 0 Å². The lowest BCUT2D eigenvalue weighted by atomic mass is 9.70. The van der Waals surface area contributed by atoms with E-state index in [1.165, 1.54) is 22.3 Å². The van der Waals surface area contributed by atoms with Gasteiger partial charge < -0.3 is 10.8 Å². The van der Waals surface area contributed by atoms with Crippen LogP contribution in [0.15, 0.2) is 48.5 Å². The smallest absolute Gasteiger partial charge is 0.0728 e. The predicted molar refractivity (Wildman–Crippen MR) is 93.5 cm³/mol. The van der Waals surface area contributed by atoms with Crippen LogP contribution in [0.5, 0.6) is 0 Å². The number of hydrogen-bond acceptors (Lipinski definition) is 2. The summed E-state index contributed by atoms with van der Waals surface area (Å²) in [5.74, 6) is 0.491. The van der Waals surface area contributed by atoms with Gasteiger partial charge in [-0.25, -0.2) is 0 Å². The molecule has 0 amide bonds. The summed E-state index contributed by atoms with van der Waals surface area (Å²) in [6.07, 6.45) is 4.87. The maximum atomic E-state index is 10.8. The molecule has 4 rings (SSSR count). The molecule has 2 aromatic carbocycles. The Morgan fingerprint density at radius 2 is 1.39 bits per heavy atom. The Bertz CT molecular complexity index is 648. The summed E-state index contributed by atoms with van der Waals surface area (Å²) < 4.78 is 0. The van der Waals surface area contributed by atoms with Crippen molar-refractivity contribution in [3.8, 4) is 0 Å². The second-order valence-corrected chi connectivity index (χ2v) is 7.12. The van der Waals surface area contributed by atoms with E-state index in [0.717, 1.165) is 32.1 Å². The number of aliphatic hydroxyl groups excluding tert-OH is 1. The number of nitrogens with two attached hydrogens (primary N) is 1. The summed E-state index contributed by atoms with van der Waals surface area (Å²) in [6, 6.07) is 17.5. The number of fused-ring (bicyclic) bond motifs is 2. The fourth-order valence-electron chi connectivity index (χ4n) is 4.64. The molecule has 3 atom stereocenters. The third-order valence-corrected chi connectivity index (χ3v) is 5.82. The molecule has 2 aromatic rings. The molecular formula is C21H25NO. The van der Waals surface area contributed by atoms with Gasteiger partial charge in [0.05, 0.1) is 6.10 Å². The molecule has 2 aliphatic rings. The van der Waals surface area contributed by atoms with Gasteiger partial charge in [0.25, 0.3) is 0 Å². The Balaban J connectivity index is 1.86. The van der Waals surface area contributed by atoms with Gasteiger partial charge in [0.15, 0.2) is 0 Å². The average Bonchev–Trinajstić information content (AvgIpc) is 2.75. The number of benzene rings is 2. The highest BCUT2D eigenvalue weighted by Gasteiger charge is 2.38. The van der Waals surface area contributed by atoms with Crippen LogP contribution in [0.1, 0.15) is 47.4 Å². The van der Waals surface area contributed by atoms with E-state index < -0.39 is 6.10 Å². The Kier molecular flexibility index (Phi) is 3.96. The van der Waals surface area contributed by atoms with Crippen molar-refractivity contribution in [2.45, 2.75) is 50.2 Å². The average molecular weight is 307 g/mol. The van der Waals surface area contributed by atoms with Gasteiger partial charge in [-0.15, -0.1) is 0 Å². The van der Waals surface area contributed by atoms with Crippen LogP contribution in [0.25, 0.3) is 0 Å². The number of hydrogen-bond donors (Lipinski definition) is 2. The molecular weight excluding hydrogens is 282 g/mol. The van der Waals surface area contributed by atoms with Gasteiger partial charge in [0.1, 0.15) is 0 Å². The number of aliphatic hydroxyl groups is 1. The molecule has 0 radical (unpaired) electrons. The minimum atomic E-state index is -0.409. The molecule has 1 fully saturated rings. The largest absolute Gasteiger partial charge is 0.391 e. The Morgan fingerprint density at radius 3 is 2.00 bits per heavy atom. The standard InChI is InChI=1S/C21H25NO/c22-19-11-5-10-18(21(19)23)20-16-8-3-1-6-14(16)12-13-15-7-2-4-9-17(15)20/h1-4,6-9,18-21,23H,5,10-13,22H2/t18?,19-,21?/m1/s1. The van der Waals surface area contributed by atoms with Crippen LogP contribution in [-0.2, 0) is 12.8 Å². The first-order valence-corrected chi connectivity index (χ1v) is 8.85. The fourth-order valence-corrected chi connectivity index (χ4v) is 4.64. The van der Waals surface area contributed by atoms with Crippen LogP contribution in [0.4, 0.5) is 0 Å². The molecule has 1 saturated carbocycles. The second kappa shape index (κ2) is 6.10. The zero-order valence-corrected chi connectivity index (χ0v) is 13.5. The quantitative estimate of drug-likeness (QED) is 0.848. The summed E-state index contributed by atoms with van der Waals surface area (Å²) in [5.41, 5.74) is 11.9. The second-order valence-electron chi connectivity index (χ2n) is 7.12. The summed E-state index contributed by atoms with van der Waals surface area (Å²) >= 11 is 0. The molecule has 0 aliphatic heterocycles. The van der Waals surface area contributed by atoms with Crippen LogP contribution in [0.2, 0.25) is 0 Å². The Morgan fingerprint density at radius 1 is 0.826 bits per heavy atom. The van der Waals surface area contributed by atoms with Crippen LogP contribution >= 0.6 is 0 Å². The lowest BCUT2D eigenvalue weighted by Gasteiger charge is -2.39. The van der Waals surface area contributed by atoms with E-state index >= 15 is 0 Å². The zero-order chi connectivity index (χ0) is 15.8. The molecule has 2 nitrogen and oxygen atoms in total. The SMILES string of the molecule is N[C@@H]1CCCC(C2c3ccccc3CCc3ccccc32)C1O. The molecule has 0 saturated heterocycles. The third kappa shape index (κ3) is 2.60. The molecule has 2 heteroatoms. The summed E-state index contributed by atoms with van der Waals surface area (Å²) in [7, 11) is 0. The van der Waals surface area contributed by atoms with E-state index in [4.69, 9.17) is 5.73 Å². The van der Waals surface area contributed by atoms with Gasteiger partial charge in [0.2, 0.25) is 0 Å². The molecule has 0 spiro atoms. The van der Waals surface area contributed by atoms with Crippen molar-refractivity contribution in [2.24, 2.45) is 11.7 Å². The van der Waals surface area contributed by atoms with Gasteiger partial charge >= 0.3 is 0 Å². The van der Waals surface area contributed by atoms with Crippen LogP contribution in [0, 0.1) is 5.92 Å². The van der Waals surface area contributed by atoms with Crippen molar-refractivity contribution in [1.82, 2.24) is 0 Å². The number of rotatable bonds is 1. The summed E-state index contributed by atoms with van der Waals surface area (Å²) in [5, 5.41) is 10.8. The Hall–Kier alpha value is -1.64. The third-order valence-electron chi connectivity index (χ3n) is 5.82. The van der Waals surface area contributed by atoms with E-state index in [1.54, 1.807) is 0 Å². The molecule has 0 aromatic heterocycles. The van der Waals surface area contributed by atoms with E-state index in [9.17, 15) is 5.11 Å². The number of aryl methyl sites for hydroxylation is 2. The summed E-state index contributed by atoms with van der Waals surface area (Å²) in [4.78, 5) is 0. The molecule has 120 valence electrons. The maximum Gasteiger partial charge on any atom is 0.0728 e.